The zero-order valence-electron chi connectivity index (χ0n) is 13.0. The van der Waals surface area contributed by atoms with Gasteiger partial charge in [0.2, 0.25) is 0 Å². The molecule has 0 aliphatic heterocycles. The summed E-state index contributed by atoms with van der Waals surface area (Å²) in [5.74, 6) is 5.30. The van der Waals surface area contributed by atoms with Gasteiger partial charge in [-0.05, 0) is 42.7 Å². The van der Waals surface area contributed by atoms with Gasteiger partial charge in [-0.2, -0.15) is 0 Å². The van der Waals surface area contributed by atoms with Crippen molar-refractivity contribution in [2.75, 3.05) is 10.7 Å². The van der Waals surface area contributed by atoms with Crippen LogP contribution in [0.25, 0.3) is 0 Å². The first kappa shape index (κ1) is 16.9. The number of benzene rings is 2. The van der Waals surface area contributed by atoms with E-state index in [2.05, 4.69) is 19.9 Å². The van der Waals surface area contributed by atoms with E-state index in [4.69, 9.17) is 5.84 Å². The van der Waals surface area contributed by atoms with Crippen molar-refractivity contribution >= 4 is 35.8 Å². The molecule has 23 heavy (non-hydrogen) atoms. The first-order valence-corrected chi connectivity index (χ1v) is 7.77. The van der Waals surface area contributed by atoms with E-state index in [1.165, 1.54) is 0 Å². The first-order valence-electron chi connectivity index (χ1n) is 6.99. The van der Waals surface area contributed by atoms with Gasteiger partial charge in [-0.1, -0.05) is 30.3 Å². The highest BCUT2D eigenvalue weighted by molar-refractivity contribution is 7.96. The number of nitrogens with two attached hydrogens (primary N) is 1. The van der Waals surface area contributed by atoms with Crippen molar-refractivity contribution in [1.82, 2.24) is 4.72 Å². The average Bonchev–Trinajstić information content (AvgIpc) is 2.56. The monoisotopic (exact) mass is 329 g/mol. The Kier molecular flexibility index (Phi) is 6.02. The molecule has 0 aliphatic carbocycles. The summed E-state index contributed by atoms with van der Waals surface area (Å²) in [6, 6.07) is 13.0. The Labute approximate surface area is 139 Å². The second-order valence-corrected chi connectivity index (χ2v) is 5.51. The smallest absolute Gasteiger partial charge is 0.324 e. The summed E-state index contributed by atoms with van der Waals surface area (Å²) in [5, 5.41) is 2.83. The number of aryl methyl sites for hydroxylation is 2. The zero-order chi connectivity index (χ0) is 16.7. The van der Waals surface area contributed by atoms with Gasteiger partial charge in [0.15, 0.2) is 0 Å². The Balaban J connectivity index is 1.83. The molecule has 0 heterocycles. The Hall–Kier alpha value is -2.51. The average molecular weight is 329 g/mol. The van der Waals surface area contributed by atoms with Crippen LogP contribution in [0.5, 0.6) is 0 Å². The van der Waals surface area contributed by atoms with E-state index in [0.29, 0.717) is 0 Å². The minimum Gasteiger partial charge on any atom is -0.324 e. The molecule has 0 saturated heterocycles. The van der Waals surface area contributed by atoms with Crippen LogP contribution >= 0.6 is 12.1 Å². The third-order valence-corrected chi connectivity index (χ3v) is 3.68. The second-order valence-electron chi connectivity index (χ2n) is 4.92. The number of urea groups is 1. The number of hydrazine groups is 1. The van der Waals surface area contributed by atoms with E-state index >= 15 is 0 Å². The van der Waals surface area contributed by atoms with Crippen LogP contribution in [0.4, 0.5) is 16.2 Å². The summed E-state index contributed by atoms with van der Waals surface area (Å²) >= 11 is 0.964. The van der Waals surface area contributed by atoms with Crippen molar-refractivity contribution in [1.29, 1.82) is 0 Å². The van der Waals surface area contributed by atoms with Crippen LogP contribution in [0.1, 0.15) is 16.7 Å². The van der Waals surface area contributed by atoms with Gasteiger partial charge in [0.05, 0.1) is 12.1 Å². The Morgan fingerprint density at radius 2 is 1.78 bits per heavy atom. The number of carbonyl (C=O) groups is 1. The van der Waals surface area contributed by atoms with Gasteiger partial charge in [0.1, 0.15) is 0 Å². The molecule has 0 unspecified atom stereocenters. The highest BCUT2D eigenvalue weighted by Crippen LogP contribution is 2.19. The van der Waals surface area contributed by atoms with Crippen molar-refractivity contribution in [2.45, 2.75) is 13.8 Å². The van der Waals surface area contributed by atoms with Crippen molar-refractivity contribution in [3.63, 3.8) is 0 Å². The number of carbonyl (C=O) groups excluding carboxylic acids is 1. The standard InChI is InChI=1S/C16H19N5OS/c1-11-4-3-5-12(2)15(11)19-16(22)21-23-18-10-13-6-8-14(20-17)9-7-13/h3-10,20H,17H2,1-2H3,(H2,19,21,22). The van der Waals surface area contributed by atoms with Crippen LogP contribution in [-0.2, 0) is 0 Å². The number of para-hydroxylation sites is 1. The van der Waals surface area contributed by atoms with Crippen molar-refractivity contribution in [3.05, 3.63) is 59.2 Å². The summed E-state index contributed by atoms with van der Waals surface area (Å²) < 4.78 is 6.71. The fourth-order valence-corrected chi connectivity index (χ4v) is 2.33. The molecule has 0 saturated carbocycles. The largest absolute Gasteiger partial charge is 0.330 e. The SMILES string of the molecule is Cc1cccc(C)c1NC(=O)NSN=Cc1ccc(NN)cc1. The van der Waals surface area contributed by atoms with Crippen molar-refractivity contribution < 1.29 is 4.79 Å². The summed E-state index contributed by atoms with van der Waals surface area (Å²) in [5.41, 5.74) is 7.14. The topological polar surface area (TPSA) is 91.5 Å². The first-order chi connectivity index (χ1) is 11.1. The van der Waals surface area contributed by atoms with Crippen LogP contribution in [0.15, 0.2) is 46.9 Å². The molecule has 0 atom stereocenters. The molecule has 5 N–H and O–H groups in total. The molecule has 2 aromatic carbocycles. The third-order valence-electron chi connectivity index (χ3n) is 3.19. The van der Waals surface area contributed by atoms with Crippen molar-refractivity contribution in [2.24, 2.45) is 10.2 Å². The lowest BCUT2D eigenvalue weighted by atomic mass is 10.1. The van der Waals surface area contributed by atoms with Gasteiger partial charge < -0.3 is 10.7 Å². The summed E-state index contributed by atoms with van der Waals surface area (Å²) in [7, 11) is 0. The molecule has 0 aromatic heterocycles. The van der Waals surface area contributed by atoms with E-state index in [9.17, 15) is 4.79 Å². The molecular weight excluding hydrogens is 310 g/mol. The van der Waals surface area contributed by atoms with Crippen LogP contribution in [0.2, 0.25) is 0 Å². The lowest BCUT2D eigenvalue weighted by Crippen LogP contribution is -2.23. The van der Waals surface area contributed by atoms with Crippen LogP contribution < -0.4 is 21.3 Å². The zero-order valence-corrected chi connectivity index (χ0v) is 13.8. The molecule has 6 nitrogen and oxygen atoms in total. The highest BCUT2D eigenvalue weighted by Gasteiger charge is 2.06. The van der Waals surface area contributed by atoms with Crippen molar-refractivity contribution in [3.8, 4) is 0 Å². The maximum atomic E-state index is 11.9. The molecule has 2 rings (SSSR count). The third kappa shape index (κ3) is 5.01. The molecule has 2 amide bonds. The number of rotatable bonds is 5. The van der Waals surface area contributed by atoms with Gasteiger partial charge in [0.25, 0.3) is 0 Å². The predicted octanol–water partition coefficient (Wildman–Crippen LogP) is 3.39. The molecular formula is C16H19N5OS. The molecule has 0 fully saturated rings. The summed E-state index contributed by atoms with van der Waals surface area (Å²) in [6.07, 6.45) is 1.66. The molecule has 0 radical (unpaired) electrons. The summed E-state index contributed by atoms with van der Waals surface area (Å²) in [4.78, 5) is 11.9. The molecule has 0 spiro atoms. The Morgan fingerprint density at radius 3 is 2.39 bits per heavy atom. The number of hydrogen-bond acceptors (Lipinski definition) is 5. The van der Waals surface area contributed by atoms with Crippen LogP contribution in [-0.4, -0.2) is 12.2 Å². The Bertz CT molecular complexity index is 680. The van der Waals surface area contributed by atoms with Crippen LogP contribution in [0.3, 0.4) is 0 Å². The fourth-order valence-electron chi connectivity index (χ4n) is 1.97. The highest BCUT2D eigenvalue weighted by atomic mass is 32.2. The second kappa shape index (κ2) is 8.21. The minimum atomic E-state index is -0.313. The quantitative estimate of drug-likeness (QED) is 0.293. The van der Waals surface area contributed by atoms with E-state index in [0.717, 1.165) is 40.2 Å². The van der Waals surface area contributed by atoms with Gasteiger partial charge in [0, 0.05) is 17.6 Å². The van der Waals surface area contributed by atoms with E-state index < -0.39 is 0 Å². The summed E-state index contributed by atoms with van der Waals surface area (Å²) in [6.45, 7) is 3.90. The normalized spacial score (nSPS) is 10.6. The number of hydrogen-bond donors (Lipinski definition) is 4. The molecule has 2 aromatic rings. The number of amides is 2. The molecule has 7 heteroatoms. The van der Waals surface area contributed by atoms with Gasteiger partial charge in [-0.25, -0.2) is 9.19 Å². The van der Waals surface area contributed by atoms with E-state index in [1.54, 1.807) is 6.21 Å². The molecule has 0 bridgehead atoms. The van der Waals surface area contributed by atoms with E-state index in [-0.39, 0.29) is 6.03 Å². The number of nitrogens with one attached hydrogen (secondary N) is 3. The molecule has 0 aliphatic rings. The van der Waals surface area contributed by atoms with Gasteiger partial charge in [-0.15, -0.1) is 0 Å². The van der Waals surface area contributed by atoms with Gasteiger partial charge in [-0.3, -0.25) is 10.6 Å². The van der Waals surface area contributed by atoms with E-state index in [1.807, 2.05) is 56.3 Å². The predicted molar refractivity (Wildman–Crippen MR) is 97.5 cm³/mol. The maximum Gasteiger partial charge on any atom is 0.330 e. The maximum absolute atomic E-state index is 11.9. The lowest BCUT2D eigenvalue weighted by molar-refractivity contribution is 0.257. The van der Waals surface area contributed by atoms with Gasteiger partial charge >= 0.3 is 6.03 Å². The Morgan fingerprint density at radius 1 is 1.13 bits per heavy atom. The minimum absolute atomic E-state index is 0.313. The number of nitrogens with zero attached hydrogens (tertiary/aromatic N) is 1. The fraction of sp³-hybridized carbons (Fsp3) is 0.125. The lowest BCUT2D eigenvalue weighted by Gasteiger charge is -2.10. The number of nitrogen functional groups attached to an aromatic ring is 1. The molecule has 120 valence electrons. The van der Waals surface area contributed by atoms with Crippen LogP contribution in [0, 0.1) is 13.8 Å². The number of anilines is 2.